The van der Waals surface area contributed by atoms with Gasteiger partial charge >= 0.3 is 0 Å². The Morgan fingerprint density at radius 3 is 2.33 bits per heavy atom. The lowest BCUT2D eigenvalue weighted by Gasteiger charge is -2.11. The quantitative estimate of drug-likeness (QED) is 0.628. The van der Waals surface area contributed by atoms with Gasteiger partial charge in [-0.25, -0.2) is 4.39 Å². The van der Waals surface area contributed by atoms with Crippen molar-refractivity contribution in [1.82, 2.24) is 0 Å². The van der Waals surface area contributed by atoms with Gasteiger partial charge in [0.15, 0.2) is 5.75 Å². The van der Waals surface area contributed by atoms with Crippen molar-refractivity contribution >= 4 is 53.5 Å². The van der Waals surface area contributed by atoms with Crippen LogP contribution in [0.1, 0.15) is 0 Å². The van der Waals surface area contributed by atoms with Crippen molar-refractivity contribution in [3.63, 3.8) is 0 Å². The van der Waals surface area contributed by atoms with E-state index < -0.39 is 5.82 Å². The maximum absolute atomic E-state index is 13.4. The SMILES string of the molecule is Nc1cc(Br)c(F)cc1Oc1ccc(Br)cc1Br. The van der Waals surface area contributed by atoms with Crippen molar-refractivity contribution < 1.29 is 9.13 Å². The fourth-order valence-electron chi connectivity index (χ4n) is 1.31. The number of hydrogen-bond acceptors (Lipinski definition) is 2. The Hall–Kier alpha value is -0.590. The van der Waals surface area contributed by atoms with E-state index in [9.17, 15) is 4.39 Å². The molecule has 0 unspecified atom stereocenters. The monoisotopic (exact) mass is 437 g/mol. The van der Waals surface area contributed by atoms with E-state index in [1.54, 1.807) is 6.07 Å². The highest BCUT2D eigenvalue weighted by atomic mass is 79.9. The molecule has 0 aliphatic heterocycles. The summed E-state index contributed by atoms with van der Waals surface area (Å²) in [5, 5.41) is 0. The summed E-state index contributed by atoms with van der Waals surface area (Å²) >= 11 is 9.77. The van der Waals surface area contributed by atoms with Crippen LogP contribution in [0.3, 0.4) is 0 Å². The predicted octanol–water partition coefficient (Wildman–Crippen LogP) is 5.49. The largest absolute Gasteiger partial charge is 0.454 e. The van der Waals surface area contributed by atoms with Gasteiger partial charge in [-0.05, 0) is 56.1 Å². The molecule has 0 aliphatic rings. The summed E-state index contributed by atoms with van der Waals surface area (Å²) in [5.74, 6) is 0.415. The topological polar surface area (TPSA) is 35.2 Å². The fourth-order valence-corrected chi connectivity index (χ4v) is 2.80. The lowest BCUT2D eigenvalue weighted by Crippen LogP contribution is -1.94. The van der Waals surface area contributed by atoms with E-state index in [-0.39, 0.29) is 5.75 Å². The Bertz CT molecular complexity index is 604. The molecule has 0 saturated carbocycles. The highest BCUT2D eigenvalue weighted by Crippen LogP contribution is 2.36. The zero-order valence-electron chi connectivity index (χ0n) is 8.88. The number of rotatable bonds is 2. The van der Waals surface area contributed by atoms with Crippen LogP contribution < -0.4 is 10.5 Å². The number of ether oxygens (including phenoxy) is 1. The van der Waals surface area contributed by atoms with Crippen LogP contribution in [0.4, 0.5) is 10.1 Å². The van der Waals surface area contributed by atoms with Crippen molar-refractivity contribution in [2.45, 2.75) is 0 Å². The second-order valence-corrected chi connectivity index (χ2v) is 6.11. The number of nitrogen functional groups attached to an aromatic ring is 1. The van der Waals surface area contributed by atoms with Crippen molar-refractivity contribution in [2.75, 3.05) is 5.73 Å². The van der Waals surface area contributed by atoms with E-state index in [1.165, 1.54) is 12.1 Å². The van der Waals surface area contributed by atoms with Crippen LogP contribution in [0, 0.1) is 5.82 Å². The van der Waals surface area contributed by atoms with Crippen LogP contribution in [0.5, 0.6) is 11.5 Å². The molecule has 18 heavy (non-hydrogen) atoms. The normalized spacial score (nSPS) is 10.4. The summed E-state index contributed by atoms with van der Waals surface area (Å²) in [6, 6.07) is 8.13. The zero-order valence-corrected chi connectivity index (χ0v) is 13.6. The highest BCUT2D eigenvalue weighted by molar-refractivity contribution is 9.11. The number of nitrogens with two attached hydrogens (primary N) is 1. The smallest absolute Gasteiger partial charge is 0.153 e. The molecule has 0 aromatic heterocycles. The standard InChI is InChI=1S/C12H7Br3FNO/c13-6-1-2-11(8(15)3-6)18-12-5-9(16)7(14)4-10(12)17/h1-5H,17H2. The Morgan fingerprint density at radius 2 is 1.67 bits per heavy atom. The molecule has 0 amide bonds. The average molecular weight is 440 g/mol. The first kappa shape index (κ1) is 13.8. The molecule has 2 nitrogen and oxygen atoms in total. The predicted molar refractivity (Wildman–Crippen MR) is 80.4 cm³/mol. The van der Waals surface area contributed by atoms with Crippen LogP contribution in [-0.4, -0.2) is 0 Å². The molecule has 0 aliphatic carbocycles. The molecule has 0 bridgehead atoms. The van der Waals surface area contributed by atoms with Crippen LogP contribution in [-0.2, 0) is 0 Å². The van der Waals surface area contributed by atoms with Crippen LogP contribution in [0.15, 0.2) is 43.7 Å². The number of anilines is 1. The summed E-state index contributed by atoms with van der Waals surface area (Å²) < 4.78 is 21.0. The third kappa shape index (κ3) is 3.05. The van der Waals surface area contributed by atoms with Crippen LogP contribution in [0.25, 0.3) is 0 Å². The van der Waals surface area contributed by atoms with E-state index in [0.29, 0.717) is 15.9 Å². The molecular formula is C12H7Br3FNO. The van der Waals surface area contributed by atoms with Crippen LogP contribution in [0.2, 0.25) is 0 Å². The van der Waals surface area contributed by atoms with E-state index in [2.05, 4.69) is 47.8 Å². The van der Waals surface area contributed by atoms with Gasteiger partial charge < -0.3 is 10.5 Å². The van der Waals surface area contributed by atoms with Crippen molar-refractivity contribution in [1.29, 1.82) is 0 Å². The molecule has 0 atom stereocenters. The average Bonchev–Trinajstić information content (AvgIpc) is 2.29. The van der Waals surface area contributed by atoms with Crippen LogP contribution >= 0.6 is 47.8 Å². The fraction of sp³-hybridized carbons (Fsp3) is 0. The van der Waals surface area contributed by atoms with E-state index in [1.807, 2.05) is 12.1 Å². The first-order valence-corrected chi connectivity index (χ1v) is 7.22. The zero-order chi connectivity index (χ0) is 13.3. The minimum Gasteiger partial charge on any atom is -0.454 e. The maximum Gasteiger partial charge on any atom is 0.153 e. The molecule has 2 aromatic rings. The summed E-state index contributed by atoms with van der Waals surface area (Å²) in [5.41, 5.74) is 6.13. The summed E-state index contributed by atoms with van der Waals surface area (Å²) in [6.07, 6.45) is 0. The maximum atomic E-state index is 13.4. The molecule has 6 heteroatoms. The van der Waals surface area contributed by atoms with Gasteiger partial charge in [0.1, 0.15) is 11.6 Å². The molecule has 2 aromatic carbocycles. The summed E-state index contributed by atoms with van der Waals surface area (Å²) in [4.78, 5) is 0. The van der Waals surface area contributed by atoms with Gasteiger partial charge in [0, 0.05) is 10.5 Å². The van der Waals surface area contributed by atoms with E-state index in [0.717, 1.165) is 8.95 Å². The third-order valence-corrected chi connectivity index (χ3v) is 3.89. The first-order valence-electron chi connectivity index (χ1n) is 4.85. The first-order chi connectivity index (χ1) is 8.47. The second kappa shape index (κ2) is 5.59. The van der Waals surface area contributed by atoms with Gasteiger partial charge in [0.25, 0.3) is 0 Å². The molecule has 2 rings (SSSR count). The Morgan fingerprint density at radius 1 is 0.944 bits per heavy atom. The molecule has 0 spiro atoms. The molecule has 94 valence electrons. The van der Waals surface area contributed by atoms with Crippen molar-refractivity contribution in [3.8, 4) is 11.5 Å². The van der Waals surface area contributed by atoms with Gasteiger partial charge in [-0.3, -0.25) is 0 Å². The third-order valence-electron chi connectivity index (χ3n) is 2.17. The van der Waals surface area contributed by atoms with E-state index >= 15 is 0 Å². The summed E-state index contributed by atoms with van der Waals surface area (Å²) in [7, 11) is 0. The molecular weight excluding hydrogens is 433 g/mol. The lowest BCUT2D eigenvalue weighted by molar-refractivity contribution is 0.475. The lowest BCUT2D eigenvalue weighted by atomic mass is 10.3. The van der Waals surface area contributed by atoms with Gasteiger partial charge in [0.2, 0.25) is 0 Å². The molecule has 0 heterocycles. The minimum absolute atomic E-state index is 0.277. The number of benzene rings is 2. The highest BCUT2D eigenvalue weighted by Gasteiger charge is 2.10. The molecule has 0 fully saturated rings. The van der Waals surface area contributed by atoms with Gasteiger partial charge in [-0.1, -0.05) is 15.9 Å². The van der Waals surface area contributed by atoms with Crippen molar-refractivity contribution in [2.24, 2.45) is 0 Å². The Balaban J connectivity index is 2.37. The second-order valence-electron chi connectivity index (χ2n) is 3.48. The van der Waals surface area contributed by atoms with E-state index in [4.69, 9.17) is 10.5 Å². The number of halogens is 4. The summed E-state index contributed by atoms with van der Waals surface area (Å²) in [6.45, 7) is 0. The van der Waals surface area contributed by atoms with Gasteiger partial charge in [-0.2, -0.15) is 0 Å². The van der Waals surface area contributed by atoms with Gasteiger partial charge in [0.05, 0.1) is 14.6 Å². The Kier molecular flexibility index (Phi) is 4.29. The molecule has 0 radical (unpaired) electrons. The Labute approximate surface area is 129 Å². The van der Waals surface area contributed by atoms with Gasteiger partial charge in [-0.15, -0.1) is 0 Å². The molecule has 2 N–H and O–H groups in total. The minimum atomic E-state index is -0.424. The molecule has 0 saturated heterocycles. The number of hydrogen-bond donors (Lipinski definition) is 1. The van der Waals surface area contributed by atoms with Crippen molar-refractivity contribution in [3.05, 3.63) is 49.6 Å².